The maximum absolute atomic E-state index is 12.0. The summed E-state index contributed by atoms with van der Waals surface area (Å²) in [4.78, 5) is 23.3. The normalized spacial score (nSPS) is 18.6. The summed E-state index contributed by atoms with van der Waals surface area (Å²) in [6.07, 6.45) is 4.89. The number of esters is 2. The van der Waals surface area contributed by atoms with Crippen molar-refractivity contribution in [3.8, 4) is 0 Å². The third kappa shape index (κ3) is 5.16. The fourth-order valence-corrected chi connectivity index (χ4v) is 2.75. The summed E-state index contributed by atoms with van der Waals surface area (Å²) in [5.41, 5.74) is -0.232. The van der Waals surface area contributed by atoms with Crippen LogP contribution < -0.4 is 0 Å². The minimum Gasteiger partial charge on any atom is -0.456 e. The van der Waals surface area contributed by atoms with Gasteiger partial charge in [-0.25, -0.2) is 9.59 Å². The van der Waals surface area contributed by atoms with Gasteiger partial charge in [-0.15, -0.1) is 0 Å². The minimum absolute atomic E-state index is 0.114. The van der Waals surface area contributed by atoms with E-state index in [0.717, 1.165) is 32.1 Å². The molecule has 1 atom stereocenters. The van der Waals surface area contributed by atoms with Crippen molar-refractivity contribution in [2.45, 2.75) is 51.6 Å². The van der Waals surface area contributed by atoms with E-state index in [2.05, 4.69) is 6.58 Å². The van der Waals surface area contributed by atoms with Gasteiger partial charge in [-0.3, -0.25) is 0 Å². The summed E-state index contributed by atoms with van der Waals surface area (Å²) >= 11 is 0. The monoisotopic (exact) mass is 298 g/mol. The molecule has 1 saturated carbocycles. The van der Waals surface area contributed by atoms with Crippen LogP contribution in [0.1, 0.15) is 46.0 Å². The van der Waals surface area contributed by atoms with Gasteiger partial charge in [0.05, 0.1) is 6.61 Å². The van der Waals surface area contributed by atoms with Crippen molar-refractivity contribution in [2.24, 2.45) is 5.92 Å². The Kier molecular flexibility index (Phi) is 6.89. The minimum atomic E-state index is -0.574. The van der Waals surface area contributed by atoms with Gasteiger partial charge < -0.3 is 14.2 Å². The summed E-state index contributed by atoms with van der Waals surface area (Å²) in [6.45, 7) is 7.21. The van der Waals surface area contributed by atoms with Crippen LogP contribution in [0.15, 0.2) is 12.2 Å². The van der Waals surface area contributed by atoms with Gasteiger partial charge in [0.2, 0.25) is 0 Å². The van der Waals surface area contributed by atoms with Crippen LogP contribution in [0, 0.1) is 5.92 Å². The molecule has 1 rings (SSSR count). The van der Waals surface area contributed by atoms with Crippen LogP contribution in [0.4, 0.5) is 0 Å². The van der Waals surface area contributed by atoms with Gasteiger partial charge in [0.25, 0.3) is 0 Å². The lowest BCUT2D eigenvalue weighted by molar-refractivity contribution is -0.180. The van der Waals surface area contributed by atoms with E-state index in [4.69, 9.17) is 14.2 Å². The SMILES string of the molecule is C=C(C)C(=O)OCC(=O)OC1(C(C)COC)CCCCC1. The van der Waals surface area contributed by atoms with Crippen LogP contribution >= 0.6 is 0 Å². The smallest absolute Gasteiger partial charge is 0.344 e. The second kappa shape index (κ2) is 8.17. The lowest BCUT2D eigenvalue weighted by Gasteiger charge is -2.41. The summed E-state index contributed by atoms with van der Waals surface area (Å²) in [5.74, 6) is -0.965. The van der Waals surface area contributed by atoms with Crippen molar-refractivity contribution in [3.05, 3.63) is 12.2 Å². The van der Waals surface area contributed by atoms with Crippen molar-refractivity contribution in [2.75, 3.05) is 20.3 Å². The molecule has 1 unspecified atom stereocenters. The summed E-state index contributed by atoms with van der Waals surface area (Å²) in [6, 6.07) is 0. The highest BCUT2D eigenvalue weighted by Gasteiger charge is 2.41. The van der Waals surface area contributed by atoms with Crippen molar-refractivity contribution < 1.29 is 23.8 Å². The molecule has 1 aliphatic carbocycles. The van der Waals surface area contributed by atoms with E-state index in [1.165, 1.54) is 6.92 Å². The molecule has 1 fully saturated rings. The van der Waals surface area contributed by atoms with Gasteiger partial charge in [0.1, 0.15) is 5.60 Å². The van der Waals surface area contributed by atoms with Crippen molar-refractivity contribution in [1.29, 1.82) is 0 Å². The Labute approximate surface area is 126 Å². The van der Waals surface area contributed by atoms with Gasteiger partial charge in [0, 0.05) is 18.6 Å². The fraction of sp³-hybridized carbons (Fsp3) is 0.750. The number of hydrogen-bond acceptors (Lipinski definition) is 5. The van der Waals surface area contributed by atoms with Crippen molar-refractivity contribution in [3.63, 3.8) is 0 Å². The van der Waals surface area contributed by atoms with Gasteiger partial charge >= 0.3 is 11.9 Å². The first-order valence-electron chi connectivity index (χ1n) is 7.44. The third-order valence-corrected chi connectivity index (χ3v) is 4.00. The molecule has 0 bridgehead atoms. The lowest BCUT2D eigenvalue weighted by Crippen LogP contribution is -2.45. The second-order valence-electron chi connectivity index (χ2n) is 5.81. The highest BCUT2D eigenvalue weighted by molar-refractivity contribution is 5.88. The maximum atomic E-state index is 12.0. The standard InChI is InChI=1S/C16H26O5/c1-12(2)15(18)20-11-14(17)21-16(13(3)10-19-4)8-6-5-7-9-16/h13H,1,5-11H2,2-4H3. The largest absolute Gasteiger partial charge is 0.456 e. The molecule has 0 aromatic heterocycles. The first-order chi connectivity index (χ1) is 9.91. The molecule has 0 aromatic rings. The first kappa shape index (κ1) is 17.7. The van der Waals surface area contributed by atoms with Crippen molar-refractivity contribution >= 4 is 11.9 Å². The molecule has 0 aliphatic heterocycles. The molecule has 0 amide bonds. The molecule has 0 N–H and O–H groups in total. The van der Waals surface area contributed by atoms with E-state index in [-0.39, 0.29) is 18.1 Å². The Balaban J connectivity index is 2.61. The first-order valence-corrected chi connectivity index (χ1v) is 7.44. The Bertz CT molecular complexity index is 382. The number of ether oxygens (including phenoxy) is 3. The molecule has 1 aliphatic rings. The summed E-state index contributed by atoms with van der Waals surface area (Å²) < 4.78 is 15.7. The molecule has 21 heavy (non-hydrogen) atoms. The van der Waals surface area contributed by atoms with Crippen molar-refractivity contribution in [1.82, 2.24) is 0 Å². The maximum Gasteiger partial charge on any atom is 0.344 e. The number of carbonyl (C=O) groups is 2. The zero-order chi connectivity index (χ0) is 15.9. The number of carbonyl (C=O) groups excluding carboxylic acids is 2. The predicted octanol–water partition coefficient (Wildman–Crippen LogP) is 2.63. The molecule has 0 heterocycles. The lowest BCUT2D eigenvalue weighted by atomic mass is 9.76. The fourth-order valence-electron chi connectivity index (χ4n) is 2.75. The molecule has 120 valence electrons. The molecular weight excluding hydrogens is 272 g/mol. The zero-order valence-corrected chi connectivity index (χ0v) is 13.3. The Morgan fingerprint density at radius 3 is 2.38 bits per heavy atom. The molecule has 5 heteroatoms. The predicted molar refractivity (Wildman–Crippen MR) is 78.7 cm³/mol. The van der Waals surface area contributed by atoms with E-state index in [0.29, 0.717) is 6.61 Å². The van der Waals surface area contributed by atoms with E-state index in [1.807, 2.05) is 6.92 Å². The van der Waals surface area contributed by atoms with Crippen LogP contribution in [-0.2, 0) is 23.8 Å². The molecule has 0 spiro atoms. The average Bonchev–Trinajstić information content (AvgIpc) is 2.45. The molecule has 5 nitrogen and oxygen atoms in total. The van der Waals surface area contributed by atoms with Crippen LogP contribution in [0.5, 0.6) is 0 Å². The van der Waals surface area contributed by atoms with Gasteiger partial charge in [-0.05, 0) is 32.6 Å². The molecule has 0 saturated heterocycles. The third-order valence-electron chi connectivity index (χ3n) is 4.00. The molecule has 0 radical (unpaired) electrons. The number of methoxy groups -OCH3 is 1. The topological polar surface area (TPSA) is 61.8 Å². The zero-order valence-electron chi connectivity index (χ0n) is 13.3. The van der Waals surface area contributed by atoms with E-state index < -0.39 is 17.5 Å². The Hall–Kier alpha value is -1.36. The molecular formula is C16H26O5. The van der Waals surface area contributed by atoms with Gasteiger partial charge in [-0.2, -0.15) is 0 Å². The van der Waals surface area contributed by atoms with Crippen LogP contribution in [0.3, 0.4) is 0 Å². The van der Waals surface area contributed by atoms with Crippen LogP contribution in [0.25, 0.3) is 0 Å². The summed E-state index contributed by atoms with van der Waals surface area (Å²) in [7, 11) is 1.64. The Morgan fingerprint density at radius 2 is 1.86 bits per heavy atom. The highest BCUT2D eigenvalue weighted by Crippen LogP contribution is 2.38. The van der Waals surface area contributed by atoms with E-state index >= 15 is 0 Å². The Morgan fingerprint density at radius 1 is 1.24 bits per heavy atom. The van der Waals surface area contributed by atoms with Crippen LogP contribution in [-0.4, -0.2) is 37.9 Å². The summed E-state index contributed by atoms with van der Waals surface area (Å²) in [5, 5.41) is 0. The molecule has 0 aromatic carbocycles. The quantitative estimate of drug-likeness (QED) is 0.534. The average molecular weight is 298 g/mol. The highest BCUT2D eigenvalue weighted by atomic mass is 16.6. The van der Waals surface area contributed by atoms with Gasteiger partial charge in [-0.1, -0.05) is 19.9 Å². The second-order valence-corrected chi connectivity index (χ2v) is 5.81. The van der Waals surface area contributed by atoms with Crippen LogP contribution in [0.2, 0.25) is 0 Å². The number of rotatable bonds is 7. The van der Waals surface area contributed by atoms with E-state index in [9.17, 15) is 9.59 Å². The van der Waals surface area contributed by atoms with Gasteiger partial charge in [0.15, 0.2) is 6.61 Å². The number of hydrogen-bond donors (Lipinski definition) is 0. The van der Waals surface area contributed by atoms with E-state index in [1.54, 1.807) is 7.11 Å².